The molecule has 2 heterocycles. The molecule has 5 heteroatoms. The number of nitrogens with zero attached hydrogens (tertiary/aromatic N) is 2. The lowest BCUT2D eigenvalue weighted by molar-refractivity contribution is 0.193. The number of hydrogen-bond acceptors (Lipinski definition) is 2. The number of anilines is 1. The molecule has 17 heavy (non-hydrogen) atoms. The van der Waals surface area contributed by atoms with Crippen molar-refractivity contribution in [1.29, 1.82) is 0 Å². The Bertz CT molecular complexity index is 451. The van der Waals surface area contributed by atoms with Crippen molar-refractivity contribution < 1.29 is 4.79 Å². The molecular formula is C12H14BrN3O. The smallest absolute Gasteiger partial charge is 0.317 e. The van der Waals surface area contributed by atoms with Crippen LogP contribution in [0.15, 0.2) is 28.7 Å². The Balaban J connectivity index is 1.87. The second kappa shape index (κ2) is 4.31. The van der Waals surface area contributed by atoms with Crippen LogP contribution in [0, 0.1) is 0 Å². The summed E-state index contributed by atoms with van der Waals surface area (Å²) in [5.74, 6) is 0. The molecule has 0 spiro atoms. The van der Waals surface area contributed by atoms with Gasteiger partial charge in [0.25, 0.3) is 0 Å². The number of urea groups is 1. The van der Waals surface area contributed by atoms with Crippen LogP contribution in [-0.4, -0.2) is 43.2 Å². The van der Waals surface area contributed by atoms with E-state index >= 15 is 0 Å². The van der Waals surface area contributed by atoms with Crippen LogP contribution in [0.2, 0.25) is 0 Å². The number of rotatable bonds is 1. The lowest BCUT2D eigenvalue weighted by Crippen LogP contribution is -2.49. The molecule has 4 nitrogen and oxygen atoms in total. The first-order valence-electron chi connectivity index (χ1n) is 5.80. The third-order valence-electron chi connectivity index (χ3n) is 3.34. The number of carbonyl (C=O) groups is 1. The number of halogens is 1. The summed E-state index contributed by atoms with van der Waals surface area (Å²) in [5, 5.41) is 3.33. The predicted octanol–water partition coefficient (Wildman–Crippen LogP) is 1.66. The van der Waals surface area contributed by atoms with Crippen LogP contribution >= 0.6 is 15.9 Å². The molecule has 90 valence electrons. The SMILES string of the molecule is O=C1N(c2cccc(Br)c2)CC2CNCCN12. The Morgan fingerprint density at radius 3 is 3.06 bits per heavy atom. The summed E-state index contributed by atoms with van der Waals surface area (Å²) in [6.07, 6.45) is 0. The van der Waals surface area contributed by atoms with Crippen LogP contribution < -0.4 is 10.2 Å². The van der Waals surface area contributed by atoms with Crippen LogP contribution in [0.3, 0.4) is 0 Å². The molecule has 2 fully saturated rings. The third-order valence-corrected chi connectivity index (χ3v) is 3.83. The van der Waals surface area contributed by atoms with Crippen molar-refractivity contribution in [3.05, 3.63) is 28.7 Å². The Kier molecular flexibility index (Phi) is 2.80. The van der Waals surface area contributed by atoms with Crippen LogP contribution in [0.4, 0.5) is 10.5 Å². The van der Waals surface area contributed by atoms with E-state index in [4.69, 9.17) is 0 Å². The first kappa shape index (κ1) is 11.0. The predicted molar refractivity (Wildman–Crippen MR) is 70.2 cm³/mol. The normalized spacial score (nSPS) is 24.1. The summed E-state index contributed by atoms with van der Waals surface area (Å²) in [6.45, 7) is 3.39. The van der Waals surface area contributed by atoms with Gasteiger partial charge in [-0.2, -0.15) is 0 Å². The van der Waals surface area contributed by atoms with Crippen LogP contribution in [0.5, 0.6) is 0 Å². The van der Waals surface area contributed by atoms with Gasteiger partial charge < -0.3 is 10.2 Å². The van der Waals surface area contributed by atoms with E-state index in [2.05, 4.69) is 21.2 Å². The zero-order chi connectivity index (χ0) is 11.8. The monoisotopic (exact) mass is 295 g/mol. The second-order valence-corrected chi connectivity index (χ2v) is 5.34. The van der Waals surface area contributed by atoms with E-state index < -0.39 is 0 Å². The van der Waals surface area contributed by atoms with Gasteiger partial charge in [0.1, 0.15) is 0 Å². The number of benzene rings is 1. The van der Waals surface area contributed by atoms with Gasteiger partial charge >= 0.3 is 6.03 Å². The van der Waals surface area contributed by atoms with Crippen LogP contribution in [0.1, 0.15) is 0 Å². The first-order chi connectivity index (χ1) is 8.25. The Morgan fingerprint density at radius 1 is 1.41 bits per heavy atom. The van der Waals surface area contributed by atoms with Gasteiger partial charge in [0.05, 0.1) is 6.04 Å². The molecule has 2 aliphatic heterocycles. The molecule has 0 aromatic heterocycles. The first-order valence-corrected chi connectivity index (χ1v) is 6.59. The minimum atomic E-state index is 0.134. The molecule has 1 atom stereocenters. The van der Waals surface area contributed by atoms with Crippen molar-refractivity contribution in [1.82, 2.24) is 10.2 Å². The highest BCUT2D eigenvalue weighted by molar-refractivity contribution is 9.10. The second-order valence-electron chi connectivity index (χ2n) is 4.42. The molecule has 1 N–H and O–H groups in total. The number of hydrogen-bond donors (Lipinski definition) is 1. The highest BCUT2D eigenvalue weighted by Crippen LogP contribution is 2.26. The quantitative estimate of drug-likeness (QED) is 0.855. The van der Waals surface area contributed by atoms with Gasteiger partial charge in [0.15, 0.2) is 0 Å². The zero-order valence-corrected chi connectivity index (χ0v) is 11.0. The standard InChI is InChI=1S/C12H14BrN3O/c13-9-2-1-3-10(6-9)16-8-11-7-14-4-5-15(11)12(16)17/h1-3,6,11,14H,4-5,7-8H2. The fourth-order valence-corrected chi connectivity index (χ4v) is 2.87. The molecule has 1 unspecified atom stereocenters. The fourth-order valence-electron chi connectivity index (χ4n) is 2.48. The highest BCUT2D eigenvalue weighted by Gasteiger charge is 2.38. The van der Waals surface area contributed by atoms with E-state index in [-0.39, 0.29) is 6.03 Å². The third kappa shape index (κ3) is 1.93. The largest absolute Gasteiger partial charge is 0.324 e. The number of amides is 2. The molecule has 0 saturated carbocycles. The maximum atomic E-state index is 12.3. The Labute approximate surface area is 109 Å². The van der Waals surface area contributed by atoms with Gasteiger partial charge in [0, 0.05) is 36.3 Å². The summed E-state index contributed by atoms with van der Waals surface area (Å²) >= 11 is 3.44. The van der Waals surface area contributed by atoms with Crippen molar-refractivity contribution >= 4 is 27.6 Å². The molecule has 0 radical (unpaired) electrons. The van der Waals surface area contributed by atoms with Crippen LogP contribution in [-0.2, 0) is 0 Å². The fraction of sp³-hybridized carbons (Fsp3) is 0.417. The molecule has 1 aromatic rings. The number of nitrogens with one attached hydrogen (secondary N) is 1. The molecule has 2 amide bonds. The summed E-state index contributed by atoms with van der Waals surface area (Å²) < 4.78 is 1.01. The summed E-state index contributed by atoms with van der Waals surface area (Å²) in [6, 6.07) is 8.35. The lowest BCUT2D eigenvalue weighted by atomic mass is 10.2. The van der Waals surface area contributed by atoms with Gasteiger partial charge in [-0.05, 0) is 18.2 Å². The molecular weight excluding hydrogens is 282 g/mol. The lowest BCUT2D eigenvalue weighted by Gasteiger charge is -2.28. The molecule has 3 rings (SSSR count). The van der Waals surface area contributed by atoms with Crippen molar-refractivity contribution in [2.45, 2.75) is 6.04 Å². The average Bonchev–Trinajstić information content (AvgIpc) is 2.68. The number of fused-ring (bicyclic) bond motifs is 1. The molecule has 0 aliphatic carbocycles. The molecule has 2 aliphatic rings. The average molecular weight is 296 g/mol. The van der Waals surface area contributed by atoms with Crippen LogP contribution in [0.25, 0.3) is 0 Å². The Morgan fingerprint density at radius 2 is 2.29 bits per heavy atom. The van der Waals surface area contributed by atoms with E-state index in [0.29, 0.717) is 6.04 Å². The van der Waals surface area contributed by atoms with E-state index in [1.807, 2.05) is 34.1 Å². The van der Waals surface area contributed by atoms with Gasteiger partial charge in [-0.15, -0.1) is 0 Å². The summed E-state index contributed by atoms with van der Waals surface area (Å²) in [4.78, 5) is 16.1. The van der Waals surface area contributed by atoms with E-state index in [1.165, 1.54) is 0 Å². The molecule has 0 bridgehead atoms. The van der Waals surface area contributed by atoms with Gasteiger partial charge in [-0.25, -0.2) is 4.79 Å². The maximum absolute atomic E-state index is 12.3. The Hall–Kier alpha value is -1.07. The van der Waals surface area contributed by atoms with Gasteiger partial charge in [-0.3, -0.25) is 4.90 Å². The summed E-state index contributed by atoms with van der Waals surface area (Å²) in [5.41, 5.74) is 0.971. The van der Waals surface area contributed by atoms with E-state index in [1.54, 1.807) is 0 Å². The van der Waals surface area contributed by atoms with Gasteiger partial charge in [0.2, 0.25) is 0 Å². The van der Waals surface area contributed by atoms with E-state index in [0.717, 1.165) is 36.3 Å². The number of carbonyl (C=O) groups excluding carboxylic acids is 1. The maximum Gasteiger partial charge on any atom is 0.324 e. The zero-order valence-electron chi connectivity index (χ0n) is 9.40. The minimum absolute atomic E-state index is 0.134. The topological polar surface area (TPSA) is 35.6 Å². The minimum Gasteiger partial charge on any atom is -0.317 e. The van der Waals surface area contributed by atoms with Gasteiger partial charge in [-0.1, -0.05) is 22.0 Å². The van der Waals surface area contributed by atoms with E-state index in [9.17, 15) is 4.79 Å². The highest BCUT2D eigenvalue weighted by atomic mass is 79.9. The number of piperazine rings is 1. The van der Waals surface area contributed by atoms with Crippen molar-refractivity contribution in [2.75, 3.05) is 31.1 Å². The van der Waals surface area contributed by atoms with Crippen molar-refractivity contribution in [3.63, 3.8) is 0 Å². The molecule has 1 aromatic carbocycles. The van der Waals surface area contributed by atoms with Crippen molar-refractivity contribution in [3.8, 4) is 0 Å². The summed E-state index contributed by atoms with van der Waals surface area (Å²) in [7, 11) is 0. The van der Waals surface area contributed by atoms with Crippen molar-refractivity contribution in [2.24, 2.45) is 0 Å². The molecule has 2 saturated heterocycles.